The number of benzene rings is 7. The number of thioether (sulfide) groups is 2. The number of aromatic hydroxyl groups is 1. The number of azo groups is 4. The highest BCUT2D eigenvalue weighted by Crippen LogP contribution is 2.46. The number of nitriles is 1. The normalized spacial score (nSPS) is 12.4. The van der Waals surface area contributed by atoms with Gasteiger partial charge in [0.15, 0.2) is 11.3 Å². The van der Waals surface area contributed by atoms with Crippen LogP contribution in [-0.2, 0) is 57.1 Å². The minimum Gasteiger partial charge on any atom is -0.497 e. The highest BCUT2D eigenvalue weighted by Gasteiger charge is 2.25. The van der Waals surface area contributed by atoms with E-state index in [1.165, 1.54) is 67.0 Å². The van der Waals surface area contributed by atoms with Crippen LogP contribution in [0.1, 0.15) is 47.1 Å². The lowest BCUT2D eigenvalue weighted by molar-refractivity contribution is -0.385. The second-order valence-electron chi connectivity index (χ2n) is 23.5. The zero-order chi connectivity index (χ0) is 79.5. The molecule has 0 aliphatic heterocycles. The van der Waals surface area contributed by atoms with E-state index in [1.807, 2.05) is 18.2 Å². The molecule has 0 aliphatic rings. The molecule has 110 heavy (non-hydrogen) atoms. The van der Waals surface area contributed by atoms with Crippen molar-refractivity contribution < 1.29 is 84.4 Å². The standard InChI is InChI=1S/C65H62N18O20S7/c1-37-26-52(78-81-60-39(3)45(35-66)61-69-51-30-43(102-4)17-19-55(51)82(61)62(60)84)56(103-20-9-23-106(87,88)89)32-47(37)75-80-54-31-49(70-65-72-63(67-36-40-12-6-5-7-13-40)71-64(73-65)68-41-14-8-15-44(28-41)109(96,97)98)50(34-58(54)105-22-11-25-108(93,94)95)77-79-53-27-38(2)48(33-57(53)104-21-10-24-107(90,91)92)76-74-46-18-16-42(83(85)86)29-59(46)110(99,100)101/h5-8,12-19,26-34,84H,9-11,20-25,36H2,1-4H3,(H,87,88,89)(H,90,91,92)(H,93,94,95)(H,96,97,98)(H,99,100,101)(H3,67,68,70,71,72,73). The number of nitro benzene ring substituents is 1. The maximum absolute atomic E-state index is 12.4. The lowest BCUT2D eigenvalue weighted by atomic mass is 10.1. The van der Waals surface area contributed by atoms with Crippen molar-refractivity contribution in [1.29, 1.82) is 5.26 Å². The Labute approximate surface area is 635 Å². The second kappa shape index (κ2) is 34.6. The van der Waals surface area contributed by atoms with E-state index < -0.39 is 99.8 Å². The first kappa shape index (κ1) is 81.4. The van der Waals surface area contributed by atoms with Crippen LogP contribution in [0.25, 0.3) is 16.7 Å². The monoisotopic (exact) mass is 1640 g/mol. The molecule has 38 nitrogen and oxygen atoms in total. The molecule has 0 saturated carbocycles. The van der Waals surface area contributed by atoms with Gasteiger partial charge in [0, 0.05) is 51.9 Å². The number of ether oxygens (including phenoxy) is 2. The van der Waals surface area contributed by atoms with E-state index in [4.69, 9.17) is 9.47 Å². The van der Waals surface area contributed by atoms with Gasteiger partial charge >= 0.3 is 0 Å². The predicted octanol–water partition coefficient (Wildman–Crippen LogP) is 14.7. The van der Waals surface area contributed by atoms with Gasteiger partial charge in [-0.05, 0) is 135 Å². The summed E-state index contributed by atoms with van der Waals surface area (Å²) in [5, 5.41) is 78.7. The molecular formula is C65H62N18O20S7. The third-order valence-corrected chi connectivity index (χ3v) is 21.9. The molecule has 9 N–H and O–H groups in total. The number of aromatic nitrogens is 5. The molecule has 3 heterocycles. The van der Waals surface area contributed by atoms with Crippen LogP contribution < -0.4 is 25.4 Å². The van der Waals surface area contributed by atoms with Crippen molar-refractivity contribution in [3.05, 3.63) is 165 Å². The Morgan fingerprint density at radius 1 is 0.582 bits per heavy atom. The van der Waals surface area contributed by atoms with E-state index in [2.05, 4.69) is 82.9 Å². The first-order valence-electron chi connectivity index (χ1n) is 31.9. The van der Waals surface area contributed by atoms with Gasteiger partial charge in [0.1, 0.15) is 50.8 Å². The molecular weight excluding hydrogens is 1580 g/mol. The number of rotatable bonds is 34. The summed E-state index contributed by atoms with van der Waals surface area (Å²) in [6.07, 6.45) is -0.470. The van der Waals surface area contributed by atoms with E-state index in [9.17, 15) is 85.3 Å². The summed E-state index contributed by atoms with van der Waals surface area (Å²) in [6, 6.07) is 32.2. The molecule has 7 aromatic carbocycles. The third kappa shape index (κ3) is 21.8. The Hall–Kier alpha value is -11.2. The molecule has 0 radical (unpaired) electrons. The topological polar surface area (TPSA) is 568 Å². The second-order valence-corrected chi connectivity index (χ2v) is 33.3. The fourth-order valence-electron chi connectivity index (χ4n) is 10.2. The van der Waals surface area contributed by atoms with Crippen molar-refractivity contribution in [2.45, 2.75) is 66.2 Å². The van der Waals surface area contributed by atoms with Crippen molar-refractivity contribution in [1.82, 2.24) is 24.3 Å². The van der Waals surface area contributed by atoms with Crippen molar-refractivity contribution in [2.75, 3.05) is 58.4 Å². The molecule has 0 amide bonds. The minimum absolute atomic E-state index is 0.00451. The summed E-state index contributed by atoms with van der Waals surface area (Å²) in [5.41, 5.74) is 1.41. The number of non-ortho nitro benzene ring substituents is 1. The highest BCUT2D eigenvalue weighted by atomic mass is 32.2. The summed E-state index contributed by atoms with van der Waals surface area (Å²) in [7, 11) is -21.8. The number of nitrogens with one attached hydrogen (secondary N) is 3. The fraction of sp³-hybridized carbons (Fsp3) is 0.215. The van der Waals surface area contributed by atoms with Gasteiger partial charge in [0.25, 0.3) is 56.3 Å². The average molecular weight is 1640 g/mol. The largest absolute Gasteiger partial charge is 0.497 e. The summed E-state index contributed by atoms with van der Waals surface area (Å²) in [5.74, 6) is -2.63. The van der Waals surface area contributed by atoms with Gasteiger partial charge < -0.3 is 30.5 Å². The number of hydrogen-bond acceptors (Lipinski definition) is 33. The average Bonchev–Trinajstić information content (AvgIpc) is 1.59. The van der Waals surface area contributed by atoms with Gasteiger partial charge in [-0.15, -0.1) is 54.2 Å². The predicted molar refractivity (Wildman–Crippen MR) is 405 cm³/mol. The van der Waals surface area contributed by atoms with Crippen molar-refractivity contribution in [3.8, 4) is 23.4 Å². The molecule has 0 fully saturated rings. The molecule has 0 spiro atoms. The zero-order valence-electron chi connectivity index (χ0n) is 57.7. The van der Waals surface area contributed by atoms with Gasteiger partial charge in [-0.2, -0.15) is 72.5 Å². The number of pyridine rings is 1. The molecule has 0 atom stereocenters. The Morgan fingerprint density at radius 2 is 1.15 bits per heavy atom. The minimum atomic E-state index is -5.11. The van der Waals surface area contributed by atoms with Crippen LogP contribution in [0.5, 0.6) is 17.4 Å². The van der Waals surface area contributed by atoms with Crippen LogP contribution in [0.15, 0.2) is 188 Å². The van der Waals surface area contributed by atoms with Crippen LogP contribution in [0.3, 0.4) is 0 Å². The number of nitro groups is 1. The van der Waals surface area contributed by atoms with Crippen LogP contribution >= 0.6 is 23.5 Å². The number of aryl methyl sites for hydroxylation is 2. The number of anilines is 5. The van der Waals surface area contributed by atoms with Crippen molar-refractivity contribution >= 4 is 171 Å². The van der Waals surface area contributed by atoms with Crippen LogP contribution in [0.4, 0.5) is 80.4 Å². The third-order valence-electron chi connectivity index (χ3n) is 15.4. The molecule has 3 aromatic heterocycles. The molecule has 0 aliphatic carbocycles. The van der Waals surface area contributed by atoms with Gasteiger partial charge in [-0.1, -0.05) is 36.4 Å². The molecule has 10 aromatic rings. The van der Waals surface area contributed by atoms with Crippen LogP contribution in [0, 0.1) is 42.2 Å². The fourth-order valence-corrected chi connectivity index (χ4v) is 15.1. The first-order chi connectivity index (χ1) is 52.0. The maximum Gasteiger partial charge on any atom is 0.297 e. The van der Waals surface area contributed by atoms with E-state index in [1.54, 1.807) is 44.2 Å². The number of methoxy groups -OCH3 is 1. The van der Waals surface area contributed by atoms with Gasteiger partial charge in [-0.25, -0.2) is 4.98 Å². The number of hydrogen-bond donors (Lipinski definition) is 9. The van der Waals surface area contributed by atoms with E-state index in [-0.39, 0.29) is 151 Å². The van der Waals surface area contributed by atoms with Crippen molar-refractivity contribution in [3.63, 3.8) is 0 Å². The Bertz CT molecular complexity index is 6030. The quantitative estimate of drug-likeness (QED) is 0.00452. The van der Waals surface area contributed by atoms with E-state index in [0.717, 1.165) is 53.4 Å². The maximum atomic E-state index is 12.4. The molecule has 0 bridgehead atoms. The molecule has 574 valence electrons. The molecule has 45 heteroatoms. The van der Waals surface area contributed by atoms with Gasteiger partial charge in [0.05, 0.1) is 74.6 Å². The summed E-state index contributed by atoms with van der Waals surface area (Å²) in [6.45, 7) is 4.50. The van der Waals surface area contributed by atoms with Crippen LogP contribution in [0.2, 0.25) is 0 Å². The number of nitrogens with zero attached hydrogens (tertiary/aromatic N) is 15. The summed E-state index contributed by atoms with van der Waals surface area (Å²) >= 11 is 2.03. The van der Waals surface area contributed by atoms with Crippen molar-refractivity contribution in [2.24, 2.45) is 40.9 Å². The molecule has 0 unspecified atom stereocenters. The lowest BCUT2D eigenvalue weighted by Crippen LogP contribution is -2.10. The molecule has 0 saturated heterocycles. The Kier molecular flexibility index (Phi) is 25.6. The summed E-state index contributed by atoms with van der Waals surface area (Å²) < 4.78 is 183. The first-order valence-corrected chi connectivity index (χ1v) is 41.6. The van der Waals surface area contributed by atoms with Crippen LogP contribution in [-0.4, -0.2) is 142 Å². The smallest absolute Gasteiger partial charge is 0.297 e. The lowest BCUT2D eigenvalue weighted by Gasteiger charge is -2.15. The zero-order valence-corrected chi connectivity index (χ0v) is 63.4. The Balaban J connectivity index is 1.13. The SMILES string of the molecule is COc1ccc2c(c1)nc1c(C#N)c(C)c(N=Nc3cc(C)c(N=Nc4cc(Nc5nc(NCc6ccccc6)nc(Nc6cccc(S(=O)(=O)O)c6)n5)c(N=Nc5cc(C)c(N=Nc6ccc([N+](=O)[O-])cc6S(=O)(=O)O)cc5SCCCS(=O)(=O)O)cc4SCCCS(=O)(=O)O)cc3OCCCS(=O)(=O)O)c(O)n12. The van der Waals surface area contributed by atoms with E-state index >= 15 is 0 Å². The number of fused-ring (bicyclic) bond motifs is 3. The van der Waals surface area contributed by atoms with Gasteiger partial charge in [0.2, 0.25) is 23.7 Å². The van der Waals surface area contributed by atoms with E-state index in [0.29, 0.717) is 28.4 Å². The van der Waals surface area contributed by atoms with Gasteiger partial charge in [-0.3, -0.25) is 37.3 Å². The molecule has 10 rings (SSSR count). The number of imidazole rings is 1. The Morgan fingerprint density at radius 3 is 1.77 bits per heavy atom. The highest BCUT2D eigenvalue weighted by molar-refractivity contribution is 7.99. The summed E-state index contributed by atoms with van der Waals surface area (Å²) in [4.78, 5) is 28.0.